The third-order valence-corrected chi connectivity index (χ3v) is 4.19. The molecule has 0 aliphatic heterocycles. The zero-order valence-corrected chi connectivity index (χ0v) is 15.1. The number of aryl methyl sites for hydroxylation is 2. The number of ether oxygens (including phenoxy) is 1. The third kappa shape index (κ3) is 3.88. The number of nitrogens with zero attached hydrogens (tertiary/aromatic N) is 3. The fourth-order valence-corrected chi connectivity index (χ4v) is 2.58. The van der Waals surface area contributed by atoms with Gasteiger partial charge in [0.1, 0.15) is 5.75 Å². The Morgan fingerprint density at radius 2 is 1.85 bits per heavy atom. The van der Waals surface area contributed by atoms with Crippen LogP contribution in [0.5, 0.6) is 11.8 Å². The maximum Gasteiger partial charge on any atom is 0.321 e. The number of benzene rings is 2. The van der Waals surface area contributed by atoms with Crippen LogP contribution >= 0.6 is 0 Å². The van der Waals surface area contributed by atoms with E-state index in [9.17, 15) is 4.79 Å². The molecule has 0 aliphatic rings. The molecule has 1 heterocycles. The first-order chi connectivity index (χ1) is 12.6. The second-order valence-corrected chi connectivity index (χ2v) is 6.00. The summed E-state index contributed by atoms with van der Waals surface area (Å²) in [5.41, 5.74) is 3.49. The predicted octanol–water partition coefficient (Wildman–Crippen LogP) is 4.42. The van der Waals surface area contributed by atoms with Gasteiger partial charge in [0.25, 0.3) is 5.91 Å². The van der Waals surface area contributed by atoms with Gasteiger partial charge >= 0.3 is 6.01 Å². The summed E-state index contributed by atoms with van der Waals surface area (Å²) in [6.07, 6.45) is 4.14. The van der Waals surface area contributed by atoms with Crippen LogP contribution in [-0.2, 0) is 6.42 Å². The molecule has 3 rings (SSSR count). The Morgan fingerprint density at radius 1 is 1.08 bits per heavy atom. The molecular formula is C21H21N3O2. The number of aromatic nitrogens is 2. The van der Waals surface area contributed by atoms with Gasteiger partial charge in [-0.25, -0.2) is 9.97 Å². The van der Waals surface area contributed by atoms with E-state index in [-0.39, 0.29) is 11.9 Å². The van der Waals surface area contributed by atoms with Gasteiger partial charge in [0.15, 0.2) is 0 Å². The van der Waals surface area contributed by atoms with Crippen LogP contribution in [0.15, 0.2) is 60.9 Å². The molecule has 0 saturated carbocycles. The summed E-state index contributed by atoms with van der Waals surface area (Å²) in [6.45, 7) is 4.01. The lowest BCUT2D eigenvalue weighted by molar-refractivity contribution is 0.0993. The third-order valence-electron chi connectivity index (χ3n) is 4.19. The van der Waals surface area contributed by atoms with Crippen molar-refractivity contribution in [1.82, 2.24) is 9.97 Å². The Bertz CT molecular complexity index is 910. The van der Waals surface area contributed by atoms with E-state index in [0.29, 0.717) is 11.3 Å². The number of hydrogen-bond acceptors (Lipinski definition) is 4. The van der Waals surface area contributed by atoms with Crippen molar-refractivity contribution in [3.63, 3.8) is 0 Å². The lowest BCUT2D eigenvalue weighted by Gasteiger charge is -2.19. The zero-order chi connectivity index (χ0) is 18.5. The average molecular weight is 347 g/mol. The van der Waals surface area contributed by atoms with E-state index in [1.54, 1.807) is 30.4 Å². The van der Waals surface area contributed by atoms with Crippen molar-refractivity contribution in [2.24, 2.45) is 0 Å². The SMILES string of the molecule is CCc1cccc(C(=O)N(C)c2ccc(C)c(Oc3ncccn3)c2)c1. The molecule has 5 nitrogen and oxygen atoms in total. The van der Waals surface area contributed by atoms with Crippen LogP contribution in [0.25, 0.3) is 0 Å². The molecule has 0 bridgehead atoms. The topological polar surface area (TPSA) is 55.3 Å². The maximum absolute atomic E-state index is 12.8. The van der Waals surface area contributed by atoms with Crippen LogP contribution in [0.4, 0.5) is 5.69 Å². The standard InChI is InChI=1S/C21H21N3O2/c1-4-16-7-5-8-17(13-16)20(25)24(3)18-10-9-15(2)19(14-18)26-21-22-11-6-12-23-21/h5-14H,4H2,1-3H3. The molecule has 0 N–H and O–H groups in total. The number of carbonyl (C=O) groups excluding carboxylic acids is 1. The maximum atomic E-state index is 12.8. The molecule has 0 saturated heterocycles. The average Bonchev–Trinajstić information content (AvgIpc) is 2.69. The lowest BCUT2D eigenvalue weighted by atomic mass is 10.1. The molecule has 1 amide bonds. The van der Waals surface area contributed by atoms with Crippen molar-refractivity contribution in [1.29, 1.82) is 0 Å². The summed E-state index contributed by atoms with van der Waals surface area (Å²) in [6, 6.07) is 15.3. The minimum atomic E-state index is -0.0638. The summed E-state index contributed by atoms with van der Waals surface area (Å²) in [4.78, 5) is 22.6. The Balaban J connectivity index is 1.86. The van der Waals surface area contributed by atoms with Gasteiger partial charge in [0.05, 0.1) is 0 Å². The molecule has 0 spiro atoms. The summed E-state index contributed by atoms with van der Waals surface area (Å²) < 4.78 is 5.76. The van der Waals surface area contributed by atoms with E-state index in [4.69, 9.17) is 4.74 Å². The Kier molecular flexibility index (Phi) is 5.27. The van der Waals surface area contributed by atoms with E-state index < -0.39 is 0 Å². The van der Waals surface area contributed by atoms with Gasteiger partial charge in [-0.3, -0.25) is 4.79 Å². The molecule has 5 heteroatoms. The molecule has 0 fully saturated rings. The Morgan fingerprint density at radius 3 is 2.58 bits per heavy atom. The van der Waals surface area contributed by atoms with Crippen molar-refractivity contribution < 1.29 is 9.53 Å². The predicted molar refractivity (Wildman–Crippen MR) is 102 cm³/mol. The van der Waals surface area contributed by atoms with E-state index in [0.717, 1.165) is 23.2 Å². The fraction of sp³-hybridized carbons (Fsp3) is 0.190. The second kappa shape index (κ2) is 7.78. The van der Waals surface area contributed by atoms with Gasteiger partial charge in [-0.2, -0.15) is 0 Å². The summed E-state index contributed by atoms with van der Waals surface area (Å²) >= 11 is 0. The number of carbonyl (C=O) groups is 1. The first-order valence-electron chi connectivity index (χ1n) is 8.51. The summed E-state index contributed by atoms with van der Waals surface area (Å²) in [5, 5.41) is 0. The highest BCUT2D eigenvalue weighted by Crippen LogP contribution is 2.28. The number of anilines is 1. The minimum Gasteiger partial charge on any atom is -0.424 e. The molecule has 26 heavy (non-hydrogen) atoms. The second-order valence-electron chi connectivity index (χ2n) is 6.00. The monoisotopic (exact) mass is 347 g/mol. The van der Waals surface area contributed by atoms with Crippen LogP contribution in [0, 0.1) is 6.92 Å². The highest BCUT2D eigenvalue weighted by molar-refractivity contribution is 6.05. The lowest BCUT2D eigenvalue weighted by Crippen LogP contribution is -2.26. The molecule has 0 atom stereocenters. The molecular weight excluding hydrogens is 326 g/mol. The molecule has 0 radical (unpaired) electrons. The van der Waals surface area contributed by atoms with Gasteiger partial charge in [0.2, 0.25) is 0 Å². The van der Waals surface area contributed by atoms with Crippen molar-refractivity contribution in [2.45, 2.75) is 20.3 Å². The first kappa shape index (κ1) is 17.6. The highest BCUT2D eigenvalue weighted by atomic mass is 16.5. The molecule has 0 unspecified atom stereocenters. The van der Waals surface area contributed by atoms with E-state index >= 15 is 0 Å². The minimum absolute atomic E-state index is 0.0638. The van der Waals surface area contributed by atoms with E-state index in [1.807, 2.05) is 49.4 Å². The molecule has 0 aliphatic carbocycles. The Labute approximate surface area is 153 Å². The fourth-order valence-electron chi connectivity index (χ4n) is 2.58. The van der Waals surface area contributed by atoms with Gasteiger partial charge in [-0.15, -0.1) is 0 Å². The van der Waals surface area contributed by atoms with Crippen molar-refractivity contribution >= 4 is 11.6 Å². The van der Waals surface area contributed by atoms with E-state index in [2.05, 4.69) is 16.9 Å². The van der Waals surface area contributed by atoms with E-state index in [1.165, 1.54) is 0 Å². The highest BCUT2D eigenvalue weighted by Gasteiger charge is 2.15. The largest absolute Gasteiger partial charge is 0.424 e. The van der Waals surface area contributed by atoms with Gasteiger partial charge < -0.3 is 9.64 Å². The smallest absolute Gasteiger partial charge is 0.321 e. The van der Waals surface area contributed by atoms with Crippen LogP contribution < -0.4 is 9.64 Å². The van der Waals surface area contributed by atoms with Crippen LogP contribution in [0.3, 0.4) is 0 Å². The number of hydrogen-bond donors (Lipinski definition) is 0. The van der Waals surface area contributed by atoms with Crippen LogP contribution in [0.1, 0.15) is 28.4 Å². The van der Waals surface area contributed by atoms with Crippen LogP contribution in [-0.4, -0.2) is 22.9 Å². The number of rotatable bonds is 5. The molecule has 1 aromatic heterocycles. The number of amides is 1. The van der Waals surface area contributed by atoms with Crippen molar-refractivity contribution in [3.05, 3.63) is 77.6 Å². The van der Waals surface area contributed by atoms with Gasteiger partial charge in [-0.05, 0) is 48.7 Å². The van der Waals surface area contributed by atoms with Gasteiger partial charge in [0, 0.05) is 36.8 Å². The molecule has 132 valence electrons. The van der Waals surface area contributed by atoms with Crippen molar-refractivity contribution in [2.75, 3.05) is 11.9 Å². The normalized spacial score (nSPS) is 10.4. The molecule has 3 aromatic rings. The quantitative estimate of drug-likeness (QED) is 0.686. The summed E-state index contributed by atoms with van der Waals surface area (Å²) in [5.74, 6) is 0.557. The van der Waals surface area contributed by atoms with Crippen LogP contribution in [0.2, 0.25) is 0 Å². The summed E-state index contributed by atoms with van der Waals surface area (Å²) in [7, 11) is 1.76. The Hall–Kier alpha value is -3.21. The zero-order valence-electron chi connectivity index (χ0n) is 15.1. The first-order valence-corrected chi connectivity index (χ1v) is 8.51. The van der Waals surface area contributed by atoms with Gasteiger partial charge in [-0.1, -0.05) is 25.1 Å². The van der Waals surface area contributed by atoms with Crippen molar-refractivity contribution in [3.8, 4) is 11.8 Å². The molecule has 2 aromatic carbocycles.